The quantitative estimate of drug-likeness (QED) is 0.813. The van der Waals surface area contributed by atoms with Crippen LogP contribution >= 0.6 is 11.3 Å². The summed E-state index contributed by atoms with van der Waals surface area (Å²) in [5, 5.41) is 6.46. The molecule has 0 aliphatic heterocycles. The Labute approximate surface area is 90.2 Å². The van der Waals surface area contributed by atoms with E-state index in [-0.39, 0.29) is 0 Å². The summed E-state index contributed by atoms with van der Waals surface area (Å²) in [6.45, 7) is 8.49. The lowest BCUT2D eigenvalue weighted by Crippen LogP contribution is -2.22. The van der Waals surface area contributed by atoms with Crippen LogP contribution in [0.2, 0.25) is 0 Å². The van der Waals surface area contributed by atoms with Crippen molar-refractivity contribution in [3.05, 3.63) is 11.1 Å². The van der Waals surface area contributed by atoms with Crippen LogP contribution in [0.1, 0.15) is 32.5 Å². The number of hydrogen-bond donors (Lipinski definition) is 1. The highest BCUT2D eigenvalue weighted by Gasteiger charge is 2.10. The van der Waals surface area contributed by atoms with Crippen molar-refractivity contribution in [3.63, 3.8) is 0 Å². The molecule has 1 rings (SSSR count). The van der Waals surface area contributed by atoms with Gasteiger partial charge >= 0.3 is 0 Å². The molecule has 0 saturated heterocycles. The summed E-state index contributed by atoms with van der Waals surface area (Å²) in [6.07, 6.45) is 0. The number of rotatable bonds is 5. The minimum absolute atomic E-state index is 0.343. The Balaban J connectivity index is 2.76. The number of nitrogens with zero attached hydrogens (tertiary/aromatic N) is 2. The van der Waals surface area contributed by atoms with Gasteiger partial charge in [-0.15, -0.1) is 11.3 Å². The zero-order chi connectivity index (χ0) is 10.6. The van der Waals surface area contributed by atoms with Crippen LogP contribution in [0.3, 0.4) is 0 Å². The lowest BCUT2D eigenvalue weighted by Gasteiger charge is -2.16. The minimum atomic E-state index is 0.343. The molecule has 1 unspecified atom stereocenters. The van der Waals surface area contributed by atoms with Crippen molar-refractivity contribution < 1.29 is 0 Å². The smallest absolute Gasteiger partial charge is 0.185 e. The summed E-state index contributed by atoms with van der Waals surface area (Å²) in [7, 11) is 1.96. The molecule has 0 fully saturated rings. The van der Waals surface area contributed by atoms with Gasteiger partial charge in [-0.25, -0.2) is 4.98 Å². The molecular formula is C10H19N3S. The van der Waals surface area contributed by atoms with Crippen molar-refractivity contribution in [2.24, 2.45) is 0 Å². The minimum Gasteiger partial charge on any atom is -0.349 e. The van der Waals surface area contributed by atoms with Crippen molar-refractivity contribution in [1.82, 2.24) is 10.3 Å². The van der Waals surface area contributed by atoms with Crippen LogP contribution in [0, 0.1) is 0 Å². The fourth-order valence-corrected chi connectivity index (χ4v) is 2.31. The first-order valence-electron chi connectivity index (χ1n) is 5.10. The summed E-state index contributed by atoms with van der Waals surface area (Å²) in [4.78, 5) is 6.88. The Morgan fingerprint density at radius 2 is 2.14 bits per heavy atom. The van der Waals surface area contributed by atoms with Crippen LogP contribution < -0.4 is 10.2 Å². The molecule has 0 saturated carbocycles. The second kappa shape index (κ2) is 5.32. The van der Waals surface area contributed by atoms with Crippen LogP contribution in [0.15, 0.2) is 5.38 Å². The molecule has 1 aromatic heterocycles. The first-order chi connectivity index (χ1) is 6.72. The van der Waals surface area contributed by atoms with E-state index in [0.29, 0.717) is 6.04 Å². The largest absolute Gasteiger partial charge is 0.349 e. The lowest BCUT2D eigenvalue weighted by atomic mass is 10.3. The zero-order valence-electron chi connectivity index (χ0n) is 9.37. The summed E-state index contributed by atoms with van der Waals surface area (Å²) < 4.78 is 0. The molecular weight excluding hydrogens is 194 g/mol. The van der Waals surface area contributed by atoms with Gasteiger partial charge in [0, 0.05) is 24.5 Å². The molecule has 4 heteroatoms. The van der Waals surface area contributed by atoms with Crippen LogP contribution in [0.4, 0.5) is 5.13 Å². The number of anilines is 1. The molecule has 80 valence electrons. The standard InChI is InChI=1S/C10H19N3S/c1-5-13(6-2)10-12-9(7-14-10)8(3)11-4/h7-8,11H,5-6H2,1-4H3. The van der Waals surface area contributed by atoms with E-state index < -0.39 is 0 Å². The molecule has 0 spiro atoms. The molecule has 1 heterocycles. The maximum Gasteiger partial charge on any atom is 0.185 e. The van der Waals surface area contributed by atoms with Crippen LogP contribution in [0.5, 0.6) is 0 Å². The van der Waals surface area contributed by atoms with Gasteiger partial charge in [0.15, 0.2) is 5.13 Å². The van der Waals surface area contributed by atoms with E-state index >= 15 is 0 Å². The Bertz CT molecular complexity index is 268. The number of hydrogen-bond acceptors (Lipinski definition) is 4. The maximum absolute atomic E-state index is 4.60. The summed E-state index contributed by atoms with van der Waals surface area (Å²) in [5.74, 6) is 0. The molecule has 1 aromatic rings. The van der Waals surface area contributed by atoms with Crippen molar-refractivity contribution >= 4 is 16.5 Å². The normalized spacial score (nSPS) is 12.9. The Hall–Kier alpha value is -0.610. The highest BCUT2D eigenvalue weighted by molar-refractivity contribution is 7.13. The molecule has 1 N–H and O–H groups in total. The highest BCUT2D eigenvalue weighted by atomic mass is 32.1. The molecule has 14 heavy (non-hydrogen) atoms. The molecule has 0 aromatic carbocycles. The van der Waals surface area contributed by atoms with Gasteiger partial charge in [0.25, 0.3) is 0 Å². The fraction of sp³-hybridized carbons (Fsp3) is 0.700. The predicted molar refractivity (Wildman–Crippen MR) is 63.1 cm³/mol. The fourth-order valence-electron chi connectivity index (χ4n) is 1.26. The maximum atomic E-state index is 4.60. The van der Waals surface area contributed by atoms with Crippen molar-refractivity contribution in [2.45, 2.75) is 26.8 Å². The first kappa shape index (κ1) is 11.5. The molecule has 1 atom stereocenters. The van der Waals surface area contributed by atoms with Crippen LogP contribution in [0.25, 0.3) is 0 Å². The monoisotopic (exact) mass is 213 g/mol. The number of thiazole rings is 1. The van der Waals surface area contributed by atoms with E-state index in [0.717, 1.165) is 23.9 Å². The molecule has 0 amide bonds. The van der Waals surface area contributed by atoms with Crippen molar-refractivity contribution in [2.75, 3.05) is 25.0 Å². The molecule has 0 aliphatic rings. The molecule has 0 bridgehead atoms. The third kappa shape index (κ3) is 2.45. The average Bonchev–Trinajstić information content (AvgIpc) is 2.68. The number of nitrogens with one attached hydrogen (secondary N) is 1. The Kier molecular flexibility index (Phi) is 4.35. The first-order valence-corrected chi connectivity index (χ1v) is 5.98. The average molecular weight is 213 g/mol. The second-order valence-electron chi connectivity index (χ2n) is 3.24. The topological polar surface area (TPSA) is 28.2 Å². The van der Waals surface area contributed by atoms with Gasteiger partial charge in [-0.1, -0.05) is 0 Å². The molecule has 0 radical (unpaired) electrons. The van der Waals surface area contributed by atoms with Crippen LogP contribution in [-0.2, 0) is 0 Å². The zero-order valence-corrected chi connectivity index (χ0v) is 10.2. The van der Waals surface area contributed by atoms with E-state index in [1.165, 1.54) is 0 Å². The Morgan fingerprint density at radius 3 is 2.64 bits per heavy atom. The summed E-state index contributed by atoms with van der Waals surface area (Å²) in [5.41, 5.74) is 1.14. The van der Waals surface area contributed by atoms with E-state index in [9.17, 15) is 0 Å². The third-order valence-corrected chi connectivity index (χ3v) is 3.34. The predicted octanol–water partition coefficient (Wildman–Crippen LogP) is 2.27. The SMILES string of the molecule is CCN(CC)c1nc(C(C)NC)cs1. The highest BCUT2D eigenvalue weighted by Crippen LogP contribution is 2.23. The van der Waals surface area contributed by atoms with Gasteiger partial charge in [-0.2, -0.15) is 0 Å². The van der Waals surface area contributed by atoms with Crippen molar-refractivity contribution in [1.29, 1.82) is 0 Å². The van der Waals surface area contributed by atoms with E-state index in [1.54, 1.807) is 11.3 Å². The third-order valence-electron chi connectivity index (χ3n) is 2.42. The van der Waals surface area contributed by atoms with Gasteiger partial charge in [-0.3, -0.25) is 0 Å². The molecule has 3 nitrogen and oxygen atoms in total. The van der Waals surface area contributed by atoms with Gasteiger partial charge in [0.05, 0.1) is 5.69 Å². The van der Waals surface area contributed by atoms with Crippen LogP contribution in [-0.4, -0.2) is 25.1 Å². The second-order valence-corrected chi connectivity index (χ2v) is 4.07. The van der Waals surface area contributed by atoms with Gasteiger partial charge < -0.3 is 10.2 Å². The summed E-state index contributed by atoms with van der Waals surface area (Å²) >= 11 is 1.73. The lowest BCUT2D eigenvalue weighted by molar-refractivity contribution is 0.636. The van der Waals surface area contributed by atoms with Gasteiger partial charge in [0.1, 0.15) is 0 Å². The van der Waals surface area contributed by atoms with E-state index in [4.69, 9.17) is 0 Å². The summed E-state index contributed by atoms with van der Waals surface area (Å²) in [6, 6.07) is 0.343. The van der Waals surface area contributed by atoms with Gasteiger partial charge in [0.2, 0.25) is 0 Å². The van der Waals surface area contributed by atoms with Gasteiger partial charge in [-0.05, 0) is 27.8 Å². The van der Waals surface area contributed by atoms with Crippen molar-refractivity contribution in [3.8, 4) is 0 Å². The Morgan fingerprint density at radius 1 is 1.50 bits per heavy atom. The van der Waals surface area contributed by atoms with E-state index in [2.05, 4.69) is 41.4 Å². The van der Waals surface area contributed by atoms with E-state index in [1.807, 2.05) is 7.05 Å². The number of aromatic nitrogens is 1. The molecule has 0 aliphatic carbocycles.